The molecule has 0 fully saturated rings. The maximum absolute atomic E-state index is 9.34. The highest BCUT2D eigenvalue weighted by Crippen LogP contribution is 2.30. The summed E-state index contributed by atoms with van der Waals surface area (Å²) in [5.41, 5.74) is 2.21. The second kappa shape index (κ2) is 6.25. The zero-order chi connectivity index (χ0) is 13.7. The molecule has 0 bridgehead atoms. The van der Waals surface area contributed by atoms with Gasteiger partial charge in [-0.3, -0.25) is 0 Å². The second-order valence-corrected chi connectivity index (χ2v) is 4.43. The van der Waals surface area contributed by atoms with Crippen LogP contribution in [0.15, 0.2) is 48.5 Å². The first-order valence-corrected chi connectivity index (χ1v) is 6.28. The fourth-order valence-electron chi connectivity index (χ4n) is 2.20. The van der Waals surface area contributed by atoms with Gasteiger partial charge in [-0.1, -0.05) is 24.3 Å². The van der Waals surface area contributed by atoms with Crippen molar-refractivity contribution < 1.29 is 14.9 Å². The summed E-state index contributed by atoms with van der Waals surface area (Å²) >= 11 is 0. The van der Waals surface area contributed by atoms with E-state index >= 15 is 0 Å². The Labute approximate surface area is 113 Å². The molecule has 0 saturated heterocycles. The third kappa shape index (κ3) is 3.26. The molecule has 2 aromatic carbocycles. The van der Waals surface area contributed by atoms with Crippen LogP contribution in [-0.2, 0) is 0 Å². The van der Waals surface area contributed by atoms with Crippen LogP contribution in [-0.4, -0.2) is 23.9 Å². The third-order valence-electron chi connectivity index (χ3n) is 3.23. The van der Waals surface area contributed by atoms with Gasteiger partial charge in [0.05, 0.1) is 7.11 Å². The SMILES string of the molecule is COc1ccc(C(CCO)c2ccc(O)cc2)cc1. The van der Waals surface area contributed by atoms with Gasteiger partial charge in [-0.25, -0.2) is 0 Å². The summed E-state index contributed by atoms with van der Waals surface area (Å²) in [6.07, 6.45) is 0.650. The summed E-state index contributed by atoms with van der Waals surface area (Å²) in [7, 11) is 1.64. The van der Waals surface area contributed by atoms with Crippen molar-refractivity contribution >= 4 is 0 Å². The standard InChI is InChI=1S/C16H18O3/c1-19-15-8-4-13(5-9-15)16(10-11-17)12-2-6-14(18)7-3-12/h2-9,16-18H,10-11H2,1H3. The predicted octanol–water partition coefficient (Wildman–Crippen LogP) is 2.92. The maximum atomic E-state index is 9.34. The topological polar surface area (TPSA) is 49.7 Å². The third-order valence-corrected chi connectivity index (χ3v) is 3.23. The van der Waals surface area contributed by atoms with E-state index in [1.165, 1.54) is 0 Å². The second-order valence-electron chi connectivity index (χ2n) is 4.43. The molecular formula is C16H18O3. The van der Waals surface area contributed by atoms with Gasteiger partial charge in [0.15, 0.2) is 0 Å². The molecule has 0 aromatic heterocycles. The summed E-state index contributed by atoms with van der Waals surface area (Å²) in [6.45, 7) is 0.123. The minimum Gasteiger partial charge on any atom is -0.508 e. The Morgan fingerprint density at radius 1 is 0.947 bits per heavy atom. The number of hydrogen-bond donors (Lipinski definition) is 2. The molecule has 0 aliphatic heterocycles. The van der Waals surface area contributed by atoms with E-state index in [-0.39, 0.29) is 18.3 Å². The lowest BCUT2D eigenvalue weighted by molar-refractivity contribution is 0.281. The van der Waals surface area contributed by atoms with Gasteiger partial charge in [-0.2, -0.15) is 0 Å². The molecule has 0 saturated carbocycles. The highest BCUT2D eigenvalue weighted by Gasteiger charge is 2.13. The zero-order valence-electron chi connectivity index (χ0n) is 10.9. The molecule has 2 N–H and O–H groups in total. The largest absolute Gasteiger partial charge is 0.508 e. The number of ether oxygens (including phenoxy) is 1. The van der Waals surface area contributed by atoms with Crippen LogP contribution in [0.4, 0.5) is 0 Å². The Morgan fingerprint density at radius 3 is 1.95 bits per heavy atom. The van der Waals surface area contributed by atoms with Crippen molar-refractivity contribution in [1.82, 2.24) is 0 Å². The Bertz CT molecular complexity index is 503. The van der Waals surface area contributed by atoms with E-state index in [4.69, 9.17) is 4.74 Å². The minimum absolute atomic E-state index is 0.122. The first-order chi connectivity index (χ1) is 9.24. The molecule has 3 heteroatoms. The summed E-state index contributed by atoms with van der Waals surface area (Å²) < 4.78 is 5.15. The van der Waals surface area contributed by atoms with E-state index in [1.54, 1.807) is 19.2 Å². The number of aliphatic hydroxyl groups is 1. The molecule has 0 spiro atoms. The lowest BCUT2D eigenvalue weighted by Crippen LogP contribution is -2.03. The maximum Gasteiger partial charge on any atom is 0.118 e. The van der Waals surface area contributed by atoms with Crippen molar-refractivity contribution in [2.45, 2.75) is 12.3 Å². The Kier molecular flexibility index (Phi) is 4.42. The average molecular weight is 258 g/mol. The molecule has 100 valence electrons. The number of aromatic hydroxyl groups is 1. The van der Waals surface area contributed by atoms with Gasteiger partial charge in [0.2, 0.25) is 0 Å². The number of hydrogen-bond acceptors (Lipinski definition) is 3. The summed E-state index contributed by atoms with van der Waals surface area (Å²) in [4.78, 5) is 0. The zero-order valence-corrected chi connectivity index (χ0v) is 10.9. The molecule has 1 atom stereocenters. The van der Waals surface area contributed by atoms with Gasteiger partial charge in [0.25, 0.3) is 0 Å². The van der Waals surface area contributed by atoms with E-state index in [1.807, 2.05) is 36.4 Å². The fraction of sp³-hybridized carbons (Fsp3) is 0.250. The molecule has 0 radical (unpaired) electrons. The van der Waals surface area contributed by atoms with Gasteiger partial charge in [-0.05, 0) is 41.8 Å². The van der Waals surface area contributed by atoms with Crippen LogP contribution in [0.5, 0.6) is 11.5 Å². The van der Waals surface area contributed by atoms with Crippen molar-refractivity contribution in [1.29, 1.82) is 0 Å². The summed E-state index contributed by atoms with van der Waals surface area (Å²) in [5.74, 6) is 1.19. The van der Waals surface area contributed by atoms with Crippen LogP contribution >= 0.6 is 0 Å². The molecule has 2 aromatic rings. The van der Waals surface area contributed by atoms with E-state index < -0.39 is 0 Å². The van der Waals surface area contributed by atoms with Gasteiger partial charge in [-0.15, -0.1) is 0 Å². The summed E-state index contributed by atoms with van der Waals surface area (Å²) in [5, 5.41) is 18.6. The van der Waals surface area contributed by atoms with Crippen LogP contribution < -0.4 is 4.74 Å². The molecule has 0 amide bonds. The minimum atomic E-state index is 0.122. The molecule has 0 aliphatic carbocycles. The number of benzene rings is 2. The number of phenolic OH excluding ortho intramolecular Hbond substituents is 1. The first-order valence-electron chi connectivity index (χ1n) is 6.28. The van der Waals surface area contributed by atoms with Gasteiger partial charge < -0.3 is 14.9 Å². The number of phenols is 1. The molecule has 19 heavy (non-hydrogen) atoms. The Balaban J connectivity index is 2.30. The normalized spacial score (nSPS) is 12.1. The average Bonchev–Trinajstić information content (AvgIpc) is 2.46. The molecule has 0 heterocycles. The Morgan fingerprint density at radius 2 is 1.47 bits per heavy atom. The fourth-order valence-corrected chi connectivity index (χ4v) is 2.20. The van der Waals surface area contributed by atoms with Gasteiger partial charge >= 0.3 is 0 Å². The van der Waals surface area contributed by atoms with E-state index in [0.717, 1.165) is 16.9 Å². The first kappa shape index (κ1) is 13.4. The van der Waals surface area contributed by atoms with Crippen LogP contribution in [0.3, 0.4) is 0 Å². The number of methoxy groups -OCH3 is 1. The lowest BCUT2D eigenvalue weighted by Gasteiger charge is -2.17. The lowest BCUT2D eigenvalue weighted by atomic mass is 9.89. The highest BCUT2D eigenvalue weighted by atomic mass is 16.5. The van der Waals surface area contributed by atoms with Gasteiger partial charge in [0, 0.05) is 12.5 Å². The van der Waals surface area contributed by atoms with Gasteiger partial charge in [0.1, 0.15) is 11.5 Å². The number of rotatable bonds is 5. The highest BCUT2D eigenvalue weighted by molar-refractivity contribution is 5.37. The van der Waals surface area contributed by atoms with Crippen LogP contribution in [0.2, 0.25) is 0 Å². The summed E-state index contributed by atoms with van der Waals surface area (Å²) in [6, 6.07) is 15.0. The molecular weight excluding hydrogens is 240 g/mol. The molecule has 1 unspecified atom stereocenters. The molecule has 3 nitrogen and oxygen atoms in total. The van der Waals surface area contributed by atoms with E-state index in [2.05, 4.69) is 0 Å². The van der Waals surface area contributed by atoms with Crippen LogP contribution in [0.1, 0.15) is 23.5 Å². The van der Waals surface area contributed by atoms with E-state index in [0.29, 0.717) is 6.42 Å². The van der Waals surface area contributed by atoms with Crippen molar-refractivity contribution in [2.24, 2.45) is 0 Å². The van der Waals surface area contributed by atoms with E-state index in [9.17, 15) is 10.2 Å². The quantitative estimate of drug-likeness (QED) is 0.867. The van der Waals surface area contributed by atoms with Crippen LogP contribution in [0, 0.1) is 0 Å². The van der Waals surface area contributed by atoms with Crippen molar-refractivity contribution in [3.05, 3.63) is 59.7 Å². The van der Waals surface area contributed by atoms with Crippen LogP contribution in [0.25, 0.3) is 0 Å². The molecule has 0 aliphatic rings. The van der Waals surface area contributed by atoms with Crippen molar-refractivity contribution in [3.8, 4) is 11.5 Å². The number of aliphatic hydroxyl groups excluding tert-OH is 1. The Hall–Kier alpha value is -2.00. The predicted molar refractivity (Wildman–Crippen MR) is 74.6 cm³/mol. The van der Waals surface area contributed by atoms with Crippen molar-refractivity contribution in [2.75, 3.05) is 13.7 Å². The van der Waals surface area contributed by atoms with Crippen molar-refractivity contribution in [3.63, 3.8) is 0 Å². The molecule has 2 rings (SSSR count). The monoisotopic (exact) mass is 258 g/mol. The smallest absolute Gasteiger partial charge is 0.118 e.